The van der Waals surface area contributed by atoms with Crippen molar-refractivity contribution >= 4 is 35.4 Å². The van der Waals surface area contributed by atoms with Crippen LogP contribution >= 0.6 is 0 Å². The fourth-order valence-corrected chi connectivity index (χ4v) is 8.48. The van der Waals surface area contributed by atoms with E-state index >= 15 is 0 Å². The number of nitrogens with one attached hydrogen (secondary N) is 4. The Balaban J connectivity index is 1.45. The number of hydrogen-bond donors (Lipinski definition) is 4. The maximum Gasteiger partial charge on any atom is 0.254 e. The SMILES string of the molecule is CNCC(=O)N[C@H](C(=O)N1CCC[C@H]1CN(C(=O)c1ccc(-c2ccc(C(=O)N(C[C@@H]3CCCN3C(=O)[C@@H](NC(=O)[C@H](C)NC)C(C)(C)C)C(C)C)cc2)cc1)C(C)C)C(C)(C)C. The van der Waals surface area contributed by atoms with E-state index in [0.717, 1.165) is 36.8 Å². The second kappa shape index (κ2) is 21.7. The Bertz CT molecular complexity index is 1900. The summed E-state index contributed by atoms with van der Waals surface area (Å²) in [6, 6.07) is 12.5. The van der Waals surface area contributed by atoms with Crippen LogP contribution in [-0.4, -0.2) is 144 Å². The monoisotopic (exact) mass is 873 g/mol. The van der Waals surface area contributed by atoms with Crippen molar-refractivity contribution in [2.75, 3.05) is 46.8 Å². The molecule has 14 heteroatoms. The summed E-state index contributed by atoms with van der Waals surface area (Å²) in [5, 5.41) is 11.7. The molecule has 6 amide bonds. The van der Waals surface area contributed by atoms with Gasteiger partial charge in [0.1, 0.15) is 12.1 Å². The van der Waals surface area contributed by atoms with Crippen LogP contribution in [0.1, 0.15) is 123 Å². The minimum atomic E-state index is -0.712. The standard InChI is InChI=1S/C49H76N8O6/c1-31(2)56(29-38-16-14-26-54(38)46(62)41(48(6,7)8)52-40(58)28-50-12)44(60)36-22-18-34(19-23-36)35-20-24-37(25-21-35)45(61)57(32(3)4)30-39-17-15-27-55(39)47(63)42(49(9,10)11)53-43(59)33(5)51-13/h18-25,31-33,38-39,41-42,50-51H,14-17,26-30H2,1-13H3,(H,52,58)(H,53,59)/t33-,38-,39-,41+,42+/m0/s1. The molecular formula is C49H76N8O6. The van der Waals surface area contributed by atoms with Gasteiger partial charge in [0, 0.05) is 61.5 Å². The van der Waals surface area contributed by atoms with Gasteiger partial charge in [-0.1, -0.05) is 65.8 Å². The maximum absolute atomic E-state index is 14.1. The number of carbonyl (C=O) groups excluding carboxylic acids is 6. The summed E-state index contributed by atoms with van der Waals surface area (Å²) < 4.78 is 0. The Hall–Kier alpha value is -4.82. The molecule has 2 aromatic carbocycles. The van der Waals surface area contributed by atoms with Crippen molar-refractivity contribution in [3.63, 3.8) is 0 Å². The van der Waals surface area contributed by atoms with Gasteiger partial charge in [-0.2, -0.15) is 0 Å². The highest BCUT2D eigenvalue weighted by Gasteiger charge is 2.42. The second-order valence-corrected chi connectivity index (χ2v) is 20.1. The highest BCUT2D eigenvalue weighted by Crippen LogP contribution is 2.30. The van der Waals surface area contributed by atoms with Crippen molar-refractivity contribution in [3.8, 4) is 11.1 Å². The van der Waals surface area contributed by atoms with E-state index in [4.69, 9.17) is 0 Å². The molecule has 14 nitrogen and oxygen atoms in total. The first-order valence-electron chi connectivity index (χ1n) is 22.8. The van der Waals surface area contributed by atoms with Gasteiger partial charge in [-0.25, -0.2) is 0 Å². The molecule has 2 aliphatic rings. The molecule has 63 heavy (non-hydrogen) atoms. The van der Waals surface area contributed by atoms with E-state index in [-0.39, 0.29) is 66.2 Å². The predicted octanol–water partition coefficient (Wildman–Crippen LogP) is 4.93. The Kier molecular flexibility index (Phi) is 17.5. The molecule has 0 unspecified atom stereocenters. The van der Waals surface area contributed by atoms with Crippen LogP contribution in [0.5, 0.6) is 0 Å². The van der Waals surface area contributed by atoms with Gasteiger partial charge in [-0.05, 0) is 121 Å². The number of rotatable bonds is 17. The number of hydrogen-bond acceptors (Lipinski definition) is 8. The lowest BCUT2D eigenvalue weighted by Crippen LogP contribution is -2.59. The fraction of sp³-hybridized carbons (Fsp3) is 0.633. The van der Waals surface area contributed by atoms with Crippen LogP contribution < -0.4 is 21.3 Å². The molecule has 2 aromatic rings. The van der Waals surface area contributed by atoms with Gasteiger partial charge in [0.05, 0.1) is 12.6 Å². The number of benzene rings is 2. The van der Waals surface area contributed by atoms with E-state index < -0.39 is 29.0 Å². The number of carbonyl (C=O) groups is 6. The Morgan fingerprint density at radius 3 is 1.33 bits per heavy atom. The third kappa shape index (κ3) is 12.9. The Morgan fingerprint density at radius 2 is 1.00 bits per heavy atom. The first kappa shape index (κ1) is 50.8. The third-order valence-corrected chi connectivity index (χ3v) is 12.5. The Morgan fingerprint density at radius 1 is 0.619 bits per heavy atom. The third-order valence-electron chi connectivity index (χ3n) is 12.5. The summed E-state index contributed by atoms with van der Waals surface area (Å²) in [7, 11) is 3.40. The number of likely N-dealkylation sites (N-methyl/N-ethyl adjacent to an activating group) is 2. The molecule has 0 bridgehead atoms. The van der Waals surface area contributed by atoms with Crippen LogP contribution in [0, 0.1) is 10.8 Å². The van der Waals surface area contributed by atoms with E-state index in [2.05, 4.69) is 21.3 Å². The molecule has 2 heterocycles. The molecule has 0 spiro atoms. The zero-order valence-electron chi connectivity index (χ0n) is 40.3. The highest BCUT2D eigenvalue weighted by atomic mass is 16.2. The summed E-state index contributed by atoms with van der Waals surface area (Å²) in [5.41, 5.74) is 1.85. The zero-order chi connectivity index (χ0) is 47.0. The van der Waals surface area contributed by atoms with Crippen LogP contribution in [-0.2, 0) is 19.2 Å². The van der Waals surface area contributed by atoms with E-state index in [1.807, 2.05) is 137 Å². The summed E-state index contributed by atoms with van der Waals surface area (Å²) in [6.07, 6.45) is 3.18. The molecule has 4 N–H and O–H groups in total. The van der Waals surface area contributed by atoms with Crippen LogP contribution in [0.15, 0.2) is 48.5 Å². The van der Waals surface area contributed by atoms with E-state index in [1.165, 1.54) is 0 Å². The summed E-state index contributed by atoms with van der Waals surface area (Å²) in [6.45, 7) is 23.4. The minimum absolute atomic E-state index is 0.114. The van der Waals surface area contributed by atoms with Gasteiger partial charge in [-0.3, -0.25) is 28.8 Å². The van der Waals surface area contributed by atoms with Gasteiger partial charge in [0.25, 0.3) is 11.8 Å². The van der Waals surface area contributed by atoms with Crippen LogP contribution in [0.4, 0.5) is 0 Å². The first-order chi connectivity index (χ1) is 29.5. The molecule has 0 saturated carbocycles. The maximum atomic E-state index is 14.1. The predicted molar refractivity (Wildman–Crippen MR) is 249 cm³/mol. The van der Waals surface area contributed by atoms with Gasteiger partial charge in [0.15, 0.2) is 0 Å². The van der Waals surface area contributed by atoms with Gasteiger partial charge < -0.3 is 40.9 Å². The van der Waals surface area contributed by atoms with Crippen molar-refractivity contribution in [2.24, 2.45) is 10.8 Å². The van der Waals surface area contributed by atoms with Crippen molar-refractivity contribution in [3.05, 3.63) is 59.7 Å². The van der Waals surface area contributed by atoms with Gasteiger partial charge in [0.2, 0.25) is 23.6 Å². The molecule has 5 atom stereocenters. The van der Waals surface area contributed by atoms with Gasteiger partial charge in [-0.15, -0.1) is 0 Å². The number of nitrogens with zero attached hydrogens (tertiary/aromatic N) is 4. The van der Waals surface area contributed by atoms with Crippen LogP contribution in [0.2, 0.25) is 0 Å². The molecule has 4 rings (SSSR count). The van der Waals surface area contributed by atoms with E-state index in [0.29, 0.717) is 37.3 Å². The largest absolute Gasteiger partial charge is 0.343 e. The lowest BCUT2D eigenvalue weighted by molar-refractivity contribution is -0.140. The average molecular weight is 873 g/mol. The Labute approximate surface area is 376 Å². The number of likely N-dealkylation sites (tertiary alicyclic amines) is 2. The molecule has 348 valence electrons. The summed E-state index contributed by atoms with van der Waals surface area (Å²) in [4.78, 5) is 88.9. The minimum Gasteiger partial charge on any atom is -0.343 e. The van der Waals surface area contributed by atoms with E-state index in [9.17, 15) is 28.8 Å². The highest BCUT2D eigenvalue weighted by molar-refractivity contribution is 5.96. The summed E-state index contributed by atoms with van der Waals surface area (Å²) in [5.74, 6) is -0.965. The van der Waals surface area contributed by atoms with Crippen LogP contribution in [0.3, 0.4) is 0 Å². The number of amides is 6. The summed E-state index contributed by atoms with van der Waals surface area (Å²) >= 11 is 0. The topological polar surface area (TPSA) is 163 Å². The molecule has 2 saturated heterocycles. The molecule has 0 radical (unpaired) electrons. The molecule has 2 aliphatic heterocycles. The van der Waals surface area contributed by atoms with Crippen molar-refractivity contribution in [2.45, 2.75) is 144 Å². The van der Waals surface area contributed by atoms with E-state index in [1.54, 1.807) is 21.0 Å². The van der Waals surface area contributed by atoms with Crippen molar-refractivity contribution in [1.29, 1.82) is 0 Å². The van der Waals surface area contributed by atoms with Crippen molar-refractivity contribution in [1.82, 2.24) is 40.9 Å². The van der Waals surface area contributed by atoms with Gasteiger partial charge >= 0.3 is 0 Å². The fourth-order valence-electron chi connectivity index (χ4n) is 8.48. The molecular weight excluding hydrogens is 797 g/mol. The lowest BCUT2D eigenvalue weighted by atomic mass is 9.85. The molecule has 2 fully saturated rings. The molecule has 0 aromatic heterocycles. The zero-order valence-corrected chi connectivity index (χ0v) is 40.3. The lowest BCUT2D eigenvalue weighted by Gasteiger charge is -2.38. The van der Waals surface area contributed by atoms with Crippen molar-refractivity contribution < 1.29 is 28.8 Å². The normalized spacial score (nSPS) is 18.3. The quantitative estimate of drug-likeness (QED) is 0.174. The average Bonchev–Trinajstić information content (AvgIpc) is 3.90. The van der Waals surface area contributed by atoms with Crippen LogP contribution in [0.25, 0.3) is 11.1 Å². The smallest absolute Gasteiger partial charge is 0.254 e. The molecule has 0 aliphatic carbocycles. The second-order valence-electron chi connectivity index (χ2n) is 20.1. The first-order valence-corrected chi connectivity index (χ1v) is 22.8.